The fraction of sp³-hybridized carbons (Fsp3) is 0.227. The van der Waals surface area contributed by atoms with Crippen LogP contribution in [0.15, 0.2) is 77.5 Å². The molecule has 1 N–H and O–H groups in total. The highest BCUT2D eigenvalue weighted by Gasteiger charge is 2.24. The van der Waals surface area contributed by atoms with E-state index in [-0.39, 0.29) is 17.9 Å². The van der Waals surface area contributed by atoms with Gasteiger partial charge in [-0.3, -0.25) is 4.79 Å². The van der Waals surface area contributed by atoms with Gasteiger partial charge in [-0.1, -0.05) is 60.7 Å². The van der Waals surface area contributed by atoms with Gasteiger partial charge in [0, 0.05) is 6.54 Å². The molecule has 1 aromatic heterocycles. The Morgan fingerprint density at radius 2 is 1.50 bits per heavy atom. The molecule has 1 atom stereocenters. The maximum absolute atomic E-state index is 13.1. The second-order valence-corrected chi connectivity index (χ2v) is 7.32. The van der Waals surface area contributed by atoms with Crippen LogP contribution in [0.25, 0.3) is 0 Å². The molecule has 134 valence electrons. The van der Waals surface area contributed by atoms with Crippen molar-refractivity contribution in [1.29, 1.82) is 0 Å². The lowest BCUT2D eigenvalue weighted by Gasteiger charge is -2.25. The Balaban J connectivity index is 1.80. The number of carbonyl (C=O) groups is 1. The van der Waals surface area contributed by atoms with Crippen LogP contribution in [-0.4, -0.2) is 31.4 Å². The molecular weight excluding hydrogens is 340 g/mol. The molecule has 0 aliphatic heterocycles. The lowest BCUT2D eigenvalue weighted by Crippen LogP contribution is -2.37. The fourth-order valence-corrected chi connectivity index (χ4v) is 3.86. The maximum Gasteiger partial charge on any atom is 0.232 e. The van der Waals surface area contributed by atoms with Crippen LogP contribution in [0.2, 0.25) is 0 Å². The van der Waals surface area contributed by atoms with E-state index in [1.165, 1.54) is 5.56 Å². The van der Waals surface area contributed by atoms with Crippen LogP contribution >= 0.6 is 11.3 Å². The molecule has 3 nitrogen and oxygen atoms in total. The molecule has 3 aromatic rings. The predicted octanol–water partition coefficient (Wildman–Crippen LogP) is 4.30. The van der Waals surface area contributed by atoms with Crippen molar-refractivity contribution in [3.05, 3.63) is 94.2 Å². The zero-order valence-corrected chi connectivity index (χ0v) is 15.9. The van der Waals surface area contributed by atoms with Crippen LogP contribution in [0.5, 0.6) is 0 Å². The predicted molar refractivity (Wildman–Crippen MR) is 108 cm³/mol. The first-order valence-corrected chi connectivity index (χ1v) is 9.67. The number of hydrogen-bond acceptors (Lipinski definition) is 3. The van der Waals surface area contributed by atoms with Gasteiger partial charge in [-0.2, -0.15) is 11.3 Å². The third-order valence-electron chi connectivity index (χ3n) is 4.55. The minimum Gasteiger partial charge on any atom is -0.353 e. The van der Waals surface area contributed by atoms with Gasteiger partial charge < -0.3 is 10.2 Å². The van der Waals surface area contributed by atoms with Crippen molar-refractivity contribution in [3.63, 3.8) is 0 Å². The lowest BCUT2D eigenvalue weighted by atomic mass is 9.90. The van der Waals surface area contributed by atoms with E-state index in [0.29, 0.717) is 6.54 Å². The van der Waals surface area contributed by atoms with E-state index in [1.807, 2.05) is 74.8 Å². The van der Waals surface area contributed by atoms with Crippen LogP contribution in [-0.2, 0) is 4.79 Å². The molecule has 0 aliphatic carbocycles. The summed E-state index contributed by atoms with van der Waals surface area (Å²) < 4.78 is 0. The van der Waals surface area contributed by atoms with E-state index in [9.17, 15) is 4.79 Å². The summed E-state index contributed by atoms with van der Waals surface area (Å²) in [4.78, 5) is 15.3. The summed E-state index contributed by atoms with van der Waals surface area (Å²) in [6.07, 6.45) is 0. The van der Waals surface area contributed by atoms with E-state index in [2.05, 4.69) is 27.0 Å². The molecule has 2 aromatic carbocycles. The first kappa shape index (κ1) is 18.4. The Bertz CT molecular complexity index is 761. The summed E-state index contributed by atoms with van der Waals surface area (Å²) in [5.41, 5.74) is 3.25. The highest BCUT2D eigenvalue weighted by atomic mass is 32.1. The van der Waals surface area contributed by atoms with Crippen molar-refractivity contribution in [1.82, 2.24) is 10.2 Å². The summed E-state index contributed by atoms with van der Waals surface area (Å²) in [5, 5.41) is 7.39. The van der Waals surface area contributed by atoms with Crippen molar-refractivity contribution in [3.8, 4) is 0 Å². The molecule has 1 amide bonds. The van der Waals surface area contributed by atoms with Gasteiger partial charge in [0.15, 0.2) is 0 Å². The topological polar surface area (TPSA) is 32.3 Å². The van der Waals surface area contributed by atoms with Gasteiger partial charge in [-0.15, -0.1) is 0 Å². The van der Waals surface area contributed by atoms with Crippen LogP contribution in [0.3, 0.4) is 0 Å². The van der Waals surface area contributed by atoms with Gasteiger partial charge in [0.1, 0.15) is 0 Å². The number of carbonyl (C=O) groups excluding carboxylic acids is 1. The number of likely N-dealkylation sites (N-methyl/N-ethyl adjacent to an activating group) is 1. The normalized spacial score (nSPS) is 12.3. The summed E-state index contributed by atoms with van der Waals surface area (Å²) in [5.74, 6) is -0.271. The third kappa shape index (κ3) is 4.40. The van der Waals surface area contributed by atoms with Crippen LogP contribution < -0.4 is 5.32 Å². The molecule has 0 aliphatic rings. The minimum absolute atomic E-state index is 0.0319. The Labute approximate surface area is 159 Å². The third-order valence-corrected chi connectivity index (χ3v) is 5.25. The van der Waals surface area contributed by atoms with Gasteiger partial charge in [0.05, 0.1) is 12.0 Å². The standard InChI is InChI=1S/C22H24N2OS/c1-24(2)20(19-13-14-26-16-19)15-23-22(25)21(17-9-5-3-6-10-17)18-11-7-4-8-12-18/h3-14,16,20-21H,15H2,1-2H3,(H,23,25). The van der Waals surface area contributed by atoms with E-state index in [0.717, 1.165) is 11.1 Å². The van der Waals surface area contributed by atoms with E-state index in [4.69, 9.17) is 0 Å². The molecule has 0 spiro atoms. The SMILES string of the molecule is CN(C)C(CNC(=O)C(c1ccccc1)c1ccccc1)c1ccsc1. The van der Waals surface area contributed by atoms with Crippen molar-refractivity contribution >= 4 is 17.2 Å². The highest BCUT2D eigenvalue weighted by molar-refractivity contribution is 7.07. The molecule has 4 heteroatoms. The number of hydrogen-bond donors (Lipinski definition) is 1. The van der Waals surface area contributed by atoms with Crippen LogP contribution in [0.1, 0.15) is 28.7 Å². The zero-order valence-electron chi connectivity index (χ0n) is 15.1. The number of nitrogens with one attached hydrogen (secondary N) is 1. The molecule has 1 unspecified atom stereocenters. The summed E-state index contributed by atoms with van der Waals surface area (Å²) in [6, 6.07) is 22.2. The molecule has 0 fully saturated rings. The largest absolute Gasteiger partial charge is 0.353 e. The van der Waals surface area contributed by atoms with Crippen molar-refractivity contribution in [2.45, 2.75) is 12.0 Å². The van der Waals surface area contributed by atoms with Crippen LogP contribution in [0, 0.1) is 0 Å². The highest BCUT2D eigenvalue weighted by Crippen LogP contribution is 2.25. The summed E-state index contributed by atoms with van der Waals surface area (Å²) >= 11 is 1.68. The van der Waals surface area contributed by atoms with Gasteiger partial charge >= 0.3 is 0 Å². The first-order chi connectivity index (χ1) is 12.7. The molecular formula is C22H24N2OS. The quantitative estimate of drug-likeness (QED) is 0.678. The first-order valence-electron chi connectivity index (χ1n) is 8.73. The zero-order chi connectivity index (χ0) is 18.4. The summed E-state index contributed by atoms with van der Waals surface area (Å²) in [7, 11) is 4.08. The lowest BCUT2D eigenvalue weighted by molar-refractivity contribution is -0.121. The van der Waals surface area contributed by atoms with Gasteiger partial charge in [-0.05, 0) is 47.6 Å². The van der Waals surface area contributed by atoms with E-state index >= 15 is 0 Å². The number of amides is 1. The average Bonchev–Trinajstić information content (AvgIpc) is 3.18. The molecule has 0 saturated heterocycles. The number of nitrogens with zero attached hydrogens (tertiary/aromatic N) is 1. The molecule has 3 rings (SSSR count). The maximum atomic E-state index is 13.1. The summed E-state index contributed by atoms with van der Waals surface area (Å²) in [6.45, 7) is 0.582. The fourth-order valence-electron chi connectivity index (χ4n) is 3.15. The molecule has 0 saturated carbocycles. The Morgan fingerprint density at radius 1 is 0.923 bits per heavy atom. The molecule has 0 bridgehead atoms. The minimum atomic E-state index is -0.303. The Kier molecular flexibility index (Phi) is 6.21. The molecule has 26 heavy (non-hydrogen) atoms. The van der Waals surface area contributed by atoms with Gasteiger partial charge in [0.25, 0.3) is 0 Å². The Morgan fingerprint density at radius 3 is 1.96 bits per heavy atom. The molecule has 0 radical (unpaired) electrons. The smallest absolute Gasteiger partial charge is 0.232 e. The monoisotopic (exact) mass is 364 g/mol. The van der Waals surface area contributed by atoms with Gasteiger partial charge in [-0.25, -0.2) is 0 Å². The number of thiophene rings is 1. The van der Waals surface area contributed by atoms with Crippen LogP contribution in [0.4, 0.5) is 0 Å². The van der Waals surface area contributed by atoms with E-state index < -0.39 is 0 Å². The van der Waals surface area contributed by atoms with Crippen molar-refractivity contribution < 1.29 is 4.79 Å². The Hall–Kier alpha value is -2.43. The van der Waals surface area contributed by atoms with E-state index in [1.54, 1.807) is 11.3 Å². The van der Waals surface area contributed by atoms with Crippen molar-refractivity contribution in [2.75, 3.05) is 20.6 Å². The second-order valence-electron chi connectivity index (χ2n) is 6.54. The number of benzene rings is 2. The van der Waals surface area contributed by atoms with Gasteiger partial charge in [0.2, 0.25) is 5.91 Å². The van der Waals surface area contributed by atoms with Crippen molar-refractivity contribution in [2.24, 2.45) is 0 Å². The average molecular weight is 365 g/mol. The molecule has 1 heterocycles. The number of rotatable bonds is 7. The second kappa shape index (κ2) is 8.79.